The lowest BCUT2D eigenvalue weighted by Crippen LogP contribution is -2.10. The molecule has 12 aromatic rings. The Hall–Kier alpha value is -8.46. The van der Waals surface area contributed by atoms with Gasteiger partial charge in [-0.05, 0) is 127 Å². The summed E-state index contributed by atoms with van der Waals surface area (Å²) in [5.41, 5.74) is 16.2. The molecule has 1 heterocycles. The maximum Gasteiger partial charge on any atom is 0.0619 e. The summed E-state index contributed by atoms with van der Waals surface area (Å²) in [7, 11) is 0. The number of rotatable bonds is 8. The Morgan fingerprint density at radius 1 is 0.281 bits per heavy atom. The zero-order valence-corrected chi connectivity index (χ0v) is 35.1. The molecule has 0 bridgehead atoms. The number of nitrogens with zero attached hydrogens (tertiary/aromatic N) is 2. The summed E-state index contributed by atoms with van der Waals surface area (Å²) in [6.45, 7) is 0. The first-order valence-corrected chi connectivity index (χ1v) is 22.0. The van der Waals surface area contributed by atoms with Gasteiger partial charge in [-0.3, -0.25) is 0 Å². The molecule has 0 N–H and O–H groups in total. The Kier molecular flexibility index (Phi) is 9.20. The highest BCUT2D eigenvalue weighted by atomic mass is 15.1. The second-order valence-electron chi connectivity index (χ2n) is 16.5. The van der Waals surface area contributed by atoms with Gasteiger partial charge in [0.05, 0.1) is 11.0 Å². The molecule has 64 heavy (non-hydrogen) atoms. The van der Waals surface area contributed by atoms with Gasteiger partial charge in [0.2, 0.25) is 0 Å². The molecule has 0 aliphatic carbocycles. The van der Waals surface area contributed by atoms with Crippen LogP contribution in [0.2, 0.25) is 0 Å². The third-order valence-electron chi connectivity index (χ3n) is 12.7. The molecule has 0 aliphatic rings. The van der Waals surface area contributed by atoms with Crippen LogP contribution in [0.5, 0.6) is 0 Å². The van der Waals surface area contributed by atoms with E-state index < -0.39 is 0 Å². The highest BCUT2D eigenvalue weighted by Crippen LogP contribution is 2.45. The van der Waals surface area contributed by atoms with Crippen LogP contribution in [0.15, 0.2) is 255 Å². The highest BCUT2D eigenvalue weighted by molar-refractivity contribution is 6.22. The van der Waals surface area contributed by atoms with Gasteiger partial charge in [0.15, 0.2) is 0 Å². The topological polar surface area (TPSA) is 8.17 Å². The molecule has 300 valence electrons. The Bertz CT molecular complexity index is 3590. The molecule has 1 aromatic heterocycles. The predicted octanol–water partition coefficient (Wildman–Crippen LogP) is 17.2. The van der Waals surface area contributed by atoms with Crippen molar-refractivity contribution in [1.82, 2.24) is 4.57 Å². The van der Waals surface area contributed by atoms with Crippen LogP contribution in [0.1, 0.15) is 0 Å². The van der Waals surface area contributed by atoms with Crippen molar-refractivity contribution in [3.8, 4) is 50.2 Å². The predicted molar refractivity (Wildman–Crippen MR) is 272 cm³/mol. The molecule has 0 fully saturated rings. The summed E-state index contributed by atoms with van der Waals surface area (Å²) in [4.78, 5) is 2.42. The van der Waals surface area contributed by atoms with E-state index in [0.29, 0.717) is 0 Å². The molecule has 12 rings (SSSR count). The summed E-state index contributed by atoms with van der Waals surface area (Å²) in [6, 6.07) is 92.8. The van der Waals surface area contributed by atoms with E-state index in [9.17, 15) is 0 Å². The van der Waals surface area contributed by atoms with E-state index in [1.165, 1.54) is 71.2 Å². The normalized spacial score (nSPS) is 11.4. The zero-order chi connectivity index (χ0) is 42.4. The molecule has 2 heteroatoms. The molecule has 0 aliphatic heterocycles. The van der Waals surface area contributed by atoms with Crippen molar-refractivity contribution in [3.05, 3.63) is 255 Å². The number of hydrogen-bond acceptors (Lipinski definition) is 1. The third kappa shape index (κ3) is 6.61. The Morgan fingerprint density at radius 2 is 0.844 bits per heavy atom. The lowest BCUT2D eigenvalue weighted by molar-refractivity contribution is 1.19. The van der Waals surface area contributed by atoms with Gasteiger partial charge in [-0.1, -0.05) is 188 Å². The molecule has 0 radical (unpaired) electrons. The van der Waals surface area contributed by atoms with Crippen molar-refractivity contribution in [1.29, 1.82) is 0 Å². The van der Waals surface area contributed by atoms with Crippen LogP contribution < -0.4 is 4.90 Å². The number of para-hydroxylation sites is 1. The highest BCUT2D eigenvalue weighted by Gasteiger charge is 2.21. The quantitative estimate of drug-likeness (QED) is 0.148. The fourth-order valence-electron chi connectivity index (χ4n) is 9.68. The van der Waals surface area contributed by atoms with Crippen molar-refractivity contribution in [2.24, 2.45) is 0 Å². The minimum atomic E-state index is 1.08. The molecule has 11 aromatic carbocycles. The van der Waals surface area contributed by atoms with Crippen molar-refractivity contribution in [3.63, 3.8) is 0 Å². The zero-order valence-electron chi connectivity index (χ0n) is 35.1. The number of aromatic nitrogens is 1. The average Bonchev–Trinajstić information content (AvgIpc) is 3.73. The van der Waals surface area contributed by atoms with Gasteiger partial charge < -0.3 is 9.47 Å². The molecule has 2 nitrogen and oxygen atoms in total. The summed E-state index contributed by atoms with van der Waals surface area (Å²) in [6.07, 6.45) is 0. The van der Waals surface area contributed by atoms with Crippen molar-refractivity contribution < 1.29 is 0 Å². The summed E-state index contributed by atoms with van der Waals surface area (Å²) >= 11 is 0. The lowest BCUT2D eigenvalue weighted by Gasteiger charge is -2.27. The van der Waals surface area contributed by atoms with E-state index in [1.54, 1.807) is 0 Å². The molecule has 0 unspecified atom stereocenters. The Morgan fingerprint density at radius 3 is 1.58 bits per heavy atom. The number of anilines is 3. The van der Waals surface area contributed by atoms with Gasteiger partial charge in [-0.25, -0.2) is 0 Å². The first-order chi connectivity index (χ1) is 31.7. The molecule has 0 spiro atoms. The van der Waals surface area contributed by atoms with Crippen LogP contribution >= 0.6 is 0 Å². The molecular weight excluding hydrogens is 773 g/mol. The van der Waals surface area contributed by atoms with Crippen LogP contribution in [0.4, 0.5) is 17.1 Å². The van der Waals surface area contributed by atoms with Gasteiger partial charge >= 0.3 is 0 Å². The molecule has 0 saturated heterocycles. The van der Waals surface area contributed by atoms with Crippen molar-refractivity contribution in [2.45, 2.75) is 0 Å². The van der Waals surface area contributed by atoms with E-state index in [0.717, 1.165) is 39.4 Å². The van der Waals surface area contributed by atoms with Gasteiger partial charge in [-0.2, -0.15) is 0 Å². The Balaban J connectivity index is 1.07. The van der Waals surface area contributed by atoms with E-state index in [1.807, 2.05) is 0 Å². The SMILES string of the molecule is c1ccc(-c2cc(-c3ccccc3)cc(N(c3ccc(-c4ccc5ccccc5c4)cc3)c3cccc(-c4cccc5c4c4ccc6ccccc6c4n5-c4ccccc4)c3)c2)cc1. The van der Waals surface area contributed by atoms with E-state index in [2.05, 4.69) is 264 Å². The number of benzene rings is 11. The van der Waals surface area contributed by atoms with Crippen molar-refractivity contribution in [2.75, 3.05) is 4.90 Å². The van der Waals surface area contributed by atoms with Crippen LogP contribution in [-0.2, 0) is 0 Å². The standard InChI is InChI=1S/C62H42N2/c1-4-16-43(17-5-1)51-39-52(44-18-6-2-7-19-44)42-56(41-51)63(54-35-32-46(33-36-54)49-31-30-45-20-10-11-22-48(45)38-49)55-26-14-23-50(40-55)57-28-15-29-60-61(57)59-37-34-47-21-12-13-27-58(47)62(59)64(60)53-24-8-3-9-25-53/h1-42H. The fraction of sp³-hybridized carbons (Fsp3) is 0. The van der Waals surface area contributed by atoms with Crippen LogP contribution in [0, 0.1) is 0 Å². The minimum Gasteiger partial charge on any atom is -0.310 e. The molecule has 0 saturated carbocycles. The van der Waals surface area contributed by atoms with Gasteiger partial charge in [0, 0.05) is 38.9 Å². The second-order valence-corrected chi connectivity index (χ2v) is 16.5. The maximum absolute atomic E-state index is 2.45. The van der Waals surface area contributed by atoms with Gasteiger partial charge in [-0.15, -0.1) is 0 Å². The first-order valence-electron chi connectivity index (χ1n) is 22.0. The largest absolute Gasteiger partial charge is 0.310 e. The maximum atomic E-state index is 2.45. The van der Waals surface area contributed by atoms with Crippen LogP contribution in [0.3, 0.4) is 0 Å². The van der Waals surface area contributed by atoms with Gasteiger partial charge in [0.25, 0.3) is 0 Å². The third-order valence-corrected chi connectivity index (χ3v) is 12.7. The lowest BCUT2D eigenvalue weighted by atomic mass is 9.96. The van der Waals surface area contributed by atoms with E-state index in [-0.39, 0.29) is 0 Å². The summed E-state index contributed by atoms with van der Waals surface area (Å²) < 4.78 is 2.45. The number of hydrogen-bond donors (Lipinski definition) is 0. The van der Waals surface area contributed by atoms with Crippen molar-refractivity contribution >= 4 is 60.4 Å². The van der Waals surface area contributed by atoms with E-state index in [4.69, 9.17) is 0 Å². The smallest absolute Gasteiger partial charge is 0.0619 e. The van der Waals surface area contributed by atoms with Crippen LogP contribution in [-0.4, -0.2) is 4.57 Å². The minimum absolute atomic E-state index is 1.08. The molecular formula is C62H42N2. The first kappa shape index (κ1) is 37.3. The average molecular weight is 815 g/mol. The summed E-state index contributed by atoms with van der Waals surface area (Å²) in [5, 5.41) is 7.44. The Labute approximate surface area is 373 Å². The second kappa shape index (κ2) is 15.8. The molecule has 0 amide bonds. The monoisotopic (exact) mass is 814 g/mol. The fourth-order valence-corrected chi connectivity index (χ4v) is 9.68. The molecule has 0 atom stereocenters. The summed E-state index contributed by atoms with van der Waals surface area (Å²) in [5.74, 6) is 0. The van der Waals surface area contributed by atoms with Gasteiger partial charge in [0.1, 0.15) is 0 Å². The van der Waals surface area contributed by atoms with E-state index >= 15 is 0 Å². The van der Waals surface area contributed by atoms with Crippen LogP contribution in [0.25, 0.3) is 93.5 Å². The number of fused-ring (bicyclic) bond motifs is 6.